The van der Waals surface area contributed by atoms with Crippen molar-refractivity contribution in [2.24, 2.45) is 0 Å². The third-order valence-corrected chi connectivity index (χ3v) is 4.62. The van der Waals surface area contributed by atoms with E-state index in [4.69, 9.17) is 11.6 Å². The van der Waals surface area contributed by atoms with Gasteiger partial charge in [-0.3, -0.25) is 9.36 Å². The molecule has 2 heterocycles. The lowest BCUT2D eigenvalue weighted by Gasteiger charge is -2.12. The summed E-state index contributed by atoms with van der Waals surface area (Å²) >= 11 is 6.21. The van der Waals surface area contributed by atoms with E-state index in [9.17, 15) is 14.4 Å². The average molecular weight is 403 g/mol. The highest BCUT2D eigenvalue weighted by atomic mass is 35.5. The van der Waals surface area contributed by atoms with Crippen molar-refractivity contribution in [1.82, 2.24) is 14.5 Å². The molecule has 4 rings (SSSR count). The molecule has 140 valence electrons. The van der Waals surface area contributed by atoms with Gasteiger partial charge in [-0.15, -0.1) is 0 Å². The number of hydrogen-bond acceptors (Lipinski definition) is 4. The van der Waals surface area contributed by atoms with E-state index >= 15 is 0 Å². The molecular formula is C22H12ClFN4O. The van der Waals surface area contributed by atoms with Gasteiger partial charge in [-0.25, -0.2) is 14.4 Å². The lowest BCUT2D eigenvalue weighted by atomic mass is 10.1. The van der Waals surface area contributed by atoms with Crippen LogP contribution in [0.3, 0.4) is 0 Å². The maximum atomic E-state index is 13.7. The molecule has 4 aromatic rings. The molecule has 0 N–H and O–H groups in total. The summed E-state index contributed by atoms with van der Waals surface area (Å²) in [4.78, 5) is 21.7. The highest BCUT2D eigenvalue weighted by molar-refractivity contribution is 6.31. The first-order valence-electron chi connectivity index (χ1n) is 8.59. The largest absolute Gasteiger partial charge is 0.268 e. The molecule has 0 bridgehead atoms. The molecule has 0 aliphatic heterocycles. The van der Waals surface area contributed by atoms with Gasteiger partial charge in [0.05, 0.1) is 28.2 Å². The summed E-state index contributed by atoms with van der Waals surface area (Å²) in [5.41, 5.74) is 1.36. The zero-order valence-electron chi connectivity index (χ0n) is 14.9. The number of halogens is 2. The van der Waals surface area contributed by atoms with E-state index in [1.165, 1.54) is 22.9 Å². The molecule has 2 aromatic carbocycles. The molecule has 0 saturated carbocycles. The van der Waals surface area contributed by atoms with Crippen LogP contribution in [0, 0.1) is 17.1 Å². The third-order valence-electron chi connectivity index (χ3n) is 4.33. The van der Waals surface area contributed by atoms with E-state index in [1.54, 1.807) is 42.5 Å². The summed E-state index contributed by atoms with van der Waals surface area (Å²) in [5.74, 6) is -0.261. The summed E-state index contributed by atoms with van der Waals surface area (Å²) in [7, 11) is 0. The summed E-state index contributed by atoms with van der Waals surface area (Å²) < 4.78 is 15.0. The molecular weight excluding hydrogens is 391 g/mol. The molecule has 5 nitrogen and oxygen atoms in total. The SMILES string of the molecule is N#Cc1ccccc1/C=C/c1nc2ccc(F)cc2c(=O)n1-c1cccnc1Cl. The molecule has 2 aromatic heterocycles. The van der Waals surface area contributed by atoms with Crippen LogP contribution in [0.5, 0.6) is 0 Å². The topological polar surface area (TPSA) is 71.6 Å². The third kappa shape index (κ3) is 3.51. The van der Waals surface area contributed by atoms with Gasteiger partial charge in [-0.05, 0) is 54.1 Å². The van der Waals surface area contributed by atoms with Crippen LogP contribution in [0.25, 0.3) is 28.7 Å². The number of aromatic nitrogens is 3. The van der Waals surface area contributed by atoms with Crippen molar-refractivity contribution in [3.8, 4) is 11.8 Å². The molecule has 7 heteroatoms. The number of hydrogen-bond donors (Lipinski definition) is 0. The lowest BCUT2D eigenvalue weighted by Crippen LogP contribution is -2.23. The van der Waals surface area contributed by atoms with Crippen LogP contribution < -0.4 is 5.56 Å². The Labute approximate surface area is 170 Å². The standard InChI is InChI=1S/C22H12ClFN4O/c23-21-19(6-3-11-26-21)28-20(10-7-14-4-1-2-5-15(14)13-25)27-18-9-8-16(24)12-17(18)22(28)29/h1-12H/b10-7+. The number of pyridine rings is 1. The quantitative estimate of drug-likeness (QED) is 0.469. The number of nitriles is 1. The Kier molecular flexibility index (Phi) is 4.90. The monoisotopic (exact) mass is 402 g/mol. The normalized spacial score (nSPS) is 11.1. The van der Waals surface area contributed by atoms with E-state index in [0.717, 1.165) is 6.07 Å². The number of benzene rings is 2. The second-order valence-corrected chi connectivity index (χ2v) is 6.48. The molecule has 0 unspecified atom stereocenters. The van der Waals surface area contributed by atoms with Gasteiger partial charge in [0, 0.05) is 6.20 Å². The Morgan fingerprint density at radius 2 is 1.93 bits per heavy atom. The van der Waals surface area contributed by atoms with Gasteiger partial charge in [-0.2, -0.15) is 5.26 Å². The molecule has 0 aliphatic carbocycles. The van der Waals surface area contributed by atoms with E-state index in [2.05, 4.69) is 16.0 Å². The summed E-state index contributed by atoms with van der Waals surface area (Å²) in [6.07, 6.45) is 4.81. The zero-order chi connectivity index (χ0) is 20.4. The first kappa shape index (κ1) is 18.5. The van der Waals surface area contributed by atoms with Crippen molar-refractivity contribution in [3.05, 3.63) is 99.1 Å². The maximum absolute atomic E-state index is 13.7. The Bertz CT molecular complexity index is 1370. The smallest absolute Gasteiger partial charge is 0.266 e. The van der Waals surface area contributed by atoms with Crippen molar-refractivity contribution in [1.29, 1.82) is 5.26 Å². The van der Waals surface area contributed by atoms with Gasteiger partial charge in [0.2, 0.25) is 0 Å². The molecule has 0 radical (unpaired) electrons. The summed E-state index contributed by atoms with van der Waals surface area (Å²) in [6.45, 7) is 0. The molecule has 0 spiro atoms. The van der Waals surface area contributed by atoms with Gasteiger partial charge in [0.1, 0.15) is 11.6 Å². The van der Waals surface area contributed by atoms with Crippen LogP contribution in [0.2, 0.25) is 5.15 Å². The second kappa shape index (κ2) is 7.66. The minimum Gasteiger partial charge on any atom is -0.268 e. The van der Waals surface area contributed by atoms with E-state index in [1.807, 2.05) is 6.07 Å². The van der Waals surface area contributed by atoms with Gasteiger partial charge >= 0.3 is 0 Å². The number of rotatable bonds is 3. The molecule has 0 fully saturated rings. The van der Waals surface area contributed by atoms with Crippen molar-refractivity contribution in [2.45, 2.75) is 0 Å². The number of nitrogens with zero attached hydrogens (tertiary/aromatic N) is 4. The van der Waals surface area contributed by atoms with Crippen molar-refractivity contribution < 1.29 is 4.39 Å². The molecule has 0 saturated heterocycles. The Morgan fingerprint density at radius 1 is 1.10 bits per heavy atom. The van der Waals surface area contributed by atoms with Crippen molar-refractivity contribution in [3.63, 3.8) is 0 Å². The highest BCUT2D eigenvalue weighted by Gasteiger charge is 2.14. The fourth-order valence-electron chi connectivity index (χ4n) is 2.97. The van der Waals surface area contributed by atoms with Crippen molar-refractivity contribution in [2.75, 3.05) is 0 Å². The van der Waals surface area contributed by atoms with Crippen LogP contribution in [-0.4, -0.2) is 14.5 Å². The average Bonchev–Trinajstić information content (AvgIpc) is 2.74. The van der Waals surface area contributed by atoms with E-state index in [0.29, 0.717) is 22.3 Å². The summed E-state index contributed by atoms with van der Waals surface area (Å²) in [6, 6.07) is 16.3. The van der Waals surface area contributed by atoms with Gasteiger partial charge in [0.15, 0.2) is 5.15 Å². The fraction of sp³-hybridized carbons (Fsp3) is 0. The Hall–Kier alpha value is -3.82. The van der Waals surface area contributed by atoms with Gasteiger partial charge in [0.25, 0.3) is 5.56 Å². The molecule has 0 amide bonds. The predicted octanol–water partition coefficient (Wildman–Crippen LogP) is 4.62. The summed E-state index contributed by atoms with van der Waals surface area (Å²) in [5, 5.41) is 9.52. The van der Waals surface area contributed by atoms with Crippen molar-refractivity contribution >= 4 is 34.7 Å². The first-order chi connectivity index (χ1) is 14.1. The minimum atomic E-state index is -0.536. The van der Waals surface area contributed by atoms with Crippen LogP contribution in [0.4, 0.5) is 4.39 Å². The van der Waals surface area contributed by atoms with Crippen LogP contribution in [-0.2, 0) is 0 Å². The maximum Gasteiger partial charge on any atom is 0.266 e. The predicted molar refractivity (Wildman–Crippen MR) is 110 cm³/mol. The van der Waals surface area contributed by atoms with E-state index in [-0.39, 0.29) is 16.4 Å². The Balaban J connectivity index is 2.00. The zero-order valence-corrected chi connectivity index (χ0v) is 15.6. The molecule has 29 heavy (non-hydrogen) atoms. The lowest BCUT2D eigenvalue weighted by molar-refractivity contribution is 0.629. The van der Waals surface area contributed by atoms with E-state index < -0.39 is 11.4 Å². The minimum absolute atomic E-state index is 0.110. The molecule has 0 atom stereocenters. The highest BCUT2D eigenvalue weighted by Crippen LogP contribution is 2.21. The number of fused-ring (bicyclic) bond motifs is 1. The van der Waals surface area contributed by atoms with Gasteiger partial charge in [-0.1, -0.05) is 29.8 Å². The Morgan fingerprint density at radius 3 is 2.72 bits per heavy atom. The second-order valence-electron chi connectivity index (χ2n) is 6.12. The van der Waals surface area contributed by atoms with Gasteiger partial charge < -0.3 is 0 Å². The van der Waals surface area contributed by atoms with Crippen LogP contribution in [0.15, 0.2) is 65.6 Å². The van der Waals surface area contributed by atoms with Crippen LogP contribution >= 0.6 is 11.6 Å². The van der Waals surface area contributed by atoms with Crippen LogP contribution in [0.1, 0.15) is 17.0 Å². The first-order valence-corrected chi connectivity index (χ1v) is 8.96. The molecule has 0 aliphatic rings. The fourth-order valence-corrected chi connectivity index (χ4v) is 3.18.